The van der Waals surface area contributed by atoms with E-state index in [1.165, 1.54) is 66.1 Å². The molecule has 0 saturated carbocycles. The molecule has 8 atom stereocenters. The molecule has 0 radical (unpaired) electrons. The molecule has 2 aliphatic carbocycles. The van der Waals surface area contributed by atoms with E-state index in [1.54, 1.807) is 0 Å². The molecule has 8 aromatic rings. The van der Waals surface area contributed by atoms with E-state index in [0.29, 0.717) is 30.8 Å². The lowest BCUT2D eigenvalue weighted by atomic mass is 9.69. The predicted octanol–water partition coefficient (Wildman–Crippen LogP) is 12.7. The zero-order chi connectivity index (χ0) is 47.4. The van der Waals surface area contributed by atoms with Gasteiger partial charge in [-0.1, -0.05) is 135 Å². The highest BCUT2D eigenvalue weighted by Crippen LogP contribution is 2.56. The maximum Gasteiger partial charge on any atom is 0.119 e. The van der Waals surface area contributed by atoms with E-state index < -0.39 is 6.10 Å². The molecule has 7 nitrogen and oxygen atoms in total. The Balaban J connectivity index is 0.738. The van der Waals surface area contributed by atoms with E-state index in [9.17, 15) is 5.11 Å². The lowest BCUT2D eigenvalue weighted by Crippen LogP contribution is -2.27. The van der Waals surface area contributed by atoms with Crippen LogP contribution in [0, 0.1) is 0 Å². The first-order valence-electron chi connectivity index (χ1n) is 25.1. The number of epoxide rings is 2. The number of fused-ring (bicyclic) bond motifs is 4. The van der Waals surface area contributed by atoms with Crippen LogP contribution in [0.2, 0.25) is 0 Å². The molecule has 2 saturated heterocycles. The molecule has 2 aliphatic heterocycles. The monoisotopic (exact) mass is 928 g/mol. The van der Waals surface area contributed by atoms with Crippen LogP contribution in [0.4, 0.5) is 0 Å². The molecule has 0 bridgehead atoms. The minimum Gasteiger partial charge on any atom is -0.491 e. The summed E-state index contributed by atoms with van der Waals surface area (Å²) in [6, 6.07) is 61.7. The molecule has 12 rings (SSSR count). The minimum absolute atomic E-state index is 0.113. The topological polar surface area (TPSA) is 82.2 Å². The SMILES string of the molecule is CC1CC(c2ccc(OCC(O)COC(C)c3ccc(C4(c5ccc(OCC6CO6)cc5)CC(C)c5cc6ccccc6cc54)cc3)cc2)(c2ccc(OCC3CO3)cc2)c2cc3ccccc3cc21. The van der Waals surface area contributed by atoms with Crippen molar-refractivity contribution in [3.63, 3.8) is 0 Å². The summed E-state index contributed by atoms with van der Waals surface area (Å²) in [7, 11) is 0. The number of hydrogen-bond acceptors (Lipinski definition) is 7. The van der Waals surface area contributed by atoms with Gasteiger partial charge in [0.25, 0.3) is 0 Å². The minimum atomic E-state index is -0.811. The Morgan fingerprint density at radius 1 is 0.500 bits per heavy atom. The lowest BCUT2D eigenvalue weighted by Gasteiger charge is -2.33. The van der Waals surface area contributed by atoms with Crippen LogP contribution in [-0.4, -0.2) is 63.1 Å². The van der Waals surface area contributed by atoms with Crippen LogP contribution >= 0.6 is 0 Å². The van der Waals surface area contributed by atoms with Gasteiger partial charge in [0.1, 0.15) is 55.4 Å². The van der Waals surface area contributed by atoms with Gasteiger partial charge in [0.2, 0.25) is 0 Å². The number of rotatable bonds is 17. The Morgan fingerprint density at radius 3 is 1.27 bits per heavy atom. The van der Waals surface area contributed by atoms with Crippen LogP contribution in [0.5, 0.6) is 17.2 Å². The van der Waals surface area contributed by atoms with Gasteiger partial charge in [-0.15, -0.1) is 0 Å². The lowest BCUT2D eigenvalue weighted by molar-refractivity contribution is -0.0193. The third-order valence-electron chi connectivity index (χ3n) is 15.6. The molecule has 2 heterocycles. The van der Waals surface area contributed by atoms with Gasteiger partial charge in [-0.2, -0.15) is 0 Å². The van der Waals surface area contributed by atoms with Gasteiger partial charge >= 0.3 is 0 Å². The van der Waals surface area contributed by atoms with Gasteiger partial charge in [-0.05, 0) is 152 Å². The van der Waals surface area contributed by atoms with Crippen molar-refractivity contribution in [2.45, 2.75) is 80.7 Å². The fourth-order valence-corrected chi connectivity index (χ4v) is 11.7. The molecule has 8 aromatic carbocycles. The molecule has 7 heteroatoms. The number of aliphatic hydroxyl groups excluding tert-OH is 1. The highest BCUT2D eigenvalue weighted by molar-refractivity contribution is 5.87. The van der Waals surface area contributed by atoms with E-state index in [-0.39, 0.29) is 42.4 Å². The number of benzene rings is 8. The van der Waals surface area contributed by atoms with E-state index >= 15 is 0 Å². The van der Waals surface area contributed by atoms with Crippen LogP contribution in [0.3, 0.4) is 0 Å². The fourth-order valence-electron chi connectivity index (χ4n) is 11.7. The summed E-state index contributed by atoms with van der Waals surface area (Å²) in [6.45, 7) is 9.70. The molecule has 8 unspecified atom stereocenters. The molecule has 0 spiro atoms. The van der Waals surface area contributed by atoms with Crippen molar-refractivity contribution >= 4 is 21.5 Å². The van der Waals surface area contributed by atoms with Crippen molar-refractivity contribution in [3.8, 4) is 17.2 Å². The number of aliphatic hydroxyl groups is 1. The average molecular weight is 929 g/mol. The zero-order valence-corrected chi connectivity index (χ0v) is 40.2. The Morgan fingerprint density at radius 2 is 0.871 bits per heavy atom. The molecule has 2 fully saturated rings. The molecule has 0 aromatic heterocycles. The zero-order valence-electron chi connectivity index (χ0n) is 40.2. The summed E-state index contributed by atoms with van der Waals surface area (Å²) in [5.41, 5.74) is 10.8. The Labute approximate surface area is 410 Å². The van der Waals surface area contributed by atoms with Crippen LogP contribution in [0.1, 0.15) is 102 Å². The summed E-state index contributed by atoms with van der Waals surface area (Å²) < 4.78 is 35.4. The average Bonchev–Trinajstić information content (AvgIpc) is 4.36. The molecule has 1 N–H and O–H groups in total. The molecule has 354 valence electrons. The fraction of sp³-hybridized carbons (Fsp3) is 0.302. The van der Waals surface area contributed by atoms with E-state index in [4.69, 9.17) is 28.4 Å². The maximum atomic E-state index is 11.2. The van der Waals surface area contributed by atoms with Gasteiger partial charge in [0, 0.05) is 10.8 Å². The molecule has 4 aliphatic rings. The molecular formula is C63H60O7. The standard InChI is InChI=1S/C63H60O7/c1-40-32-62(49-18-24-54(25-19-49)67-36-56-38-69-56,60-30-46-10-6-4-8-44(46)28-58(40)60)48-14-12-43(13-15-48)42(3)65-34-52(64)35-66-53-22-16-50(17-23-53)63(51-20-26-55(27-21-51)68-37-57-39-70-57)33-41(2)59-29-45-9-5-7-11-47(45)31-61(59)63/h4-31,40-42,52,56-57,64H,32-39H2,1-3H3. The van der Waals surface area contributed by atoms with Crippen LogP contribution in [0.25, 0.3) is 21.5 Å². The van der Waals surface area contributed by atoms with Gasteiger partial charge in [-0.3, -0.25) is 0 Å². The van der Waals surface area contributed by atoms with Crippen LogP contribution in [-0.2, 0) is 25.0 Å². The normalized spacial score (nSPS) is 23.9. The summed E-state index contributed by atoms with van der Waals surface area (Å²) in [5, 5.41) is 16.2. The highest BCUT2D eigenvalue weighted by atomic mass is 16.6. The summed E-state index contributed by atoms with van der Waals surface area (Å²) >= 11 is 0. The number of ether oxygens (including phenoxy) is 6. The summed E-state index contributed by atoms with van der Waals surface area (Å²) in [4.78, 5) is 0. The van der Waals surface area contributed by atoms with Crippen molar-refractivity contribution in [1.82, 2.24) is 0 Å². The summed E-state index contributed by atoms with van der Waals surface area (Å²) in [6.07, 6.45) is 1.27. The third-order valence-corrected chi connectivity index (χ3v) is 15.6. The third kappa shape index (κ3) is 8.43. The van der Waals surface area contributed by atoms with E-state index in [1.807, 2.05) is 19.1 Å². The van der Waals surface area contributed by atoms with Crippen molar-refractivity contribution < 1.29 is 33.5 Å². The first-order chi connectivity index (χ1) is 34.2. The summed E-state index contributed by atoms with van der Waals surface area (Å²) in [5.74, 6) is 3.14. The van der Waals surface area contributed by atoms with Gasteiger partial charge in [0.15, 0.2) is 0 Å². The molecular weight excluding hydrogens is 869 g/mol. The Bertz CT molecular complexity index is 3140. The smallest absolute Gasteiger partial charge is 0.119 e. The second-order valence-electron chi connectivity index (χ2n) is 20.3. The van der Waals surface area contributed by atoms with Crippen molar-refractivity contribution in [2.24, 2.45) is 0 Å². The Kier molecular flexibility index (Phi) is 11.7. The Hall–Kier alpha value is -6.48. The first kappa shape index (κ1) is 44.7. The van der Waals surface area contributed by atoms with Gasteiger partial charge in [0.05, 0.1) is 25.9 Å². The largest absolute Gasteiger partial charge is 0.491 e. The highest BCUT2D eigenvalue weighted by Gasteiger charge is 2.47. The van der Waals surface area contributed by atoms with Crippen LogP contribution < -0.4 is 14.2 Å². The van der Waals surface area contributed by atoms with Crippen molar-refractivity contribution in [3.05, 3.63) is 220 Å². The van der Waals surface area contributed by atoms with Gasteiger partial charge in [-0.25, -0.2) is 0 Å². The second-order valence-corrected chi connectivity index (χ2v) is 20.3. The van der Waals surface area contributed by atoms with E-state index in [0.717, 1.165) is 43.1 Å². The van der Waals surface area contributed by atoms with Gasteiger partial charge < -0.3 is 33.5 Å². The van der Waals surface area contributed by atoms with Crippen LogP contribution in [0.15, 0.2) is 170 Å². The molecule has 0 amide bonds. The van der Waals surface area contributed by atoms with Crippen molar-refractivity contribution in [2.75, 3.05) is 39.6 Å². The maximum absolute atomic E-state index is 11.2. The predicted molar refractivity (Wildman–Crippen MR) is 276 cm³/mol. The molecule has 70 heavy (non-hydrogen) atoms. The number of hydrogen-bond donors (Lipinski definition) is 1. The quantitative estimate of drug-likeness (QED) is 0.0911. The van der Waals surface area contributed by atoms with Crippen molar-refractivity contribution in [1.29, 1.82) is 0 Å². The second kappa shape index (κ2) is 18.4. The first-order valence-corrected chi connectivity index (χ1v) is 25.1. The van der Waals surface area contributed by atoms with E-state index in [2.05, 4.69) is 172 Å².